The first kappa shape index (κ1) is 58.0. The maximum absolute atomic E-state index is 12.5. The largest absolute Gasteiger partial charge is 0.472 e. The van der Waals surface area contributed by atoms with Crippen LogP contribution in [0.2, 0.25) is 0 Å². The van der Waals surface area contributed by atoms with Gasteiger partial charge in [-0.05, 0) is 83.5 Å². The maximum Gasteiger partial charge on any atom is 0.472 e. The second-order valence-corrected chi connectivity index (χ2v) is 17.1. The molecule has 0 saturated carbocycles. The Hall–Kier alpha value is -3.03. The fourth-order valence-electron chi connectivity index (χ4n) is 6.18. The lowest BCUT2D eigenvalue weighted by Crippen LogP contribution is -2.29. The molecule has 0 amide bonds. The average molecular weight is 871 g/mol. The van der Waals surface area contributed by atoms with E-state index in [2.05, 4.69) is 103 Å². The molecular formula is C52H87O8P. The molecule has 2 atom stereocenters. The van der Waals surface area contributed by atoms with Gasteiger partial charge in [-0.2, -0.15) is 0 Å². The maximum atomic E-state index is 12.5. The van der Waals surface area contributed by atoms with E-state index in [4.69, 9.17) is 14.0 Å². The van der Waals surface area contributed by atoms with Crippen LogP contribution in [0.1, 0.15) is 194 Å². The van der Waals surface area contributed by atoms with Gasteiger partial charge >= 0.3 is 19.8 Å². The normalized spacial score (nSPS) is 14.1. The summed E-state index contributed by atoms with van der Waals surface area (Å²) < 4.78 is 32.0. The third-order valence-electron chi connectivity index (χ3n) is 9.83. The summed E-state index contributed by atoms with van der Waals surface area (Å²) in [6, 6.07) is 0. The smallest absolute Gasteiger partial charge is 0.462 e. The highest BCUT2D eigenvalue weighted by Crippen LogP contribution is 2.42. The molecule has 2 unspecified atom stereocenters. The van der Waals surface area contributed by atoms with Gasteiger partial charge in [0.1, 0.15) is 6.61 Å². The predicted octanol–water partition coefficient (Wildman–Crippen LogP) is 15.6. The zero-order chi connectivity index (χ0) is 44.6. The summed E-state index contributed by atoms with van der Waals surface area (Å²) in [5.74, 6) is -0.909. The number of hydrogen-bond acceptors (Lipinski definition) is 7. The monoisotopic (exact) mass is 871 g/mol. The number of ether oxygens (including phenoxy) is 2. The molecule has 0 saturated heterocycles. The first-order valence-electron chi connectivity index (χ1n) is 23.9. The van der Waals surface area contributed by atoms with Gasteiger partial charge in [0.05, 0.1) is 6.61 Å². The fraction of sp³-hybridized carbons (Fsp3) is 0.654. The van der Waals surface area contributed by atoms with E-state index in [9.17, 15) is 19.0 Å². The number of rotatable bonds is 43. The van der Waals surface area contributed by atoms with Crippen LogP contribution in [-0.4, -0.2) is 43.3 Å². The summed E-state index contributed by atoms with van der Waals surface area (Å²) >= 11 is 0. The molecule has 0 spiro atoms. The van der Waals surface area contributed by atoms with E-state index < -0.39 is 32.5 Å². The lowest BCUT2D eigenvalue weighted by atomic mass is 10.0. The van der Waals surface area contributed by atoms with Gasteiger partial charge in [-0.15, -0.1) is 0 Å². The SMILES string of the molecule is CC/C=C\C/C=C\C/C=C\C/C=C\C/C=C\C/C=C\CCC(=O)OC(COC(=O)CCCCCCCCCCCCC/C=C\C/C=C\CCCCCCC)COP(=O)(O)OC. The van der Waals surface area contributed by atoms with Gasteiger partial charge < -0.3 is 14.4 Å². The van der Waals surface area contributed by atoms with Crippen LogP contribution in [0.15, 0.2) is 97.2 Å². The number of carbonyl (C=O) groups is 2. The second-order valence-electron chi connectivity index (χ2n) is 15.5. The zero-order valence-electron chi connectivity index (χ0n) is 38.8. The molecule has 8 nitrogen and oxygen atoms in total. The number of phosphoric ester groups is 1. The van der Waals surface area contributed by atoms with E-state index in [-0.39, 0.29) is 19.4 Å². The average Bonchev–Trinajstić information content (AvgIpc) is 3.25. The standard InChI is InChI=1S/C52H87O8P/c1-4-6-8-10-12-14-16-18-20-22-24-25-26-27-29-30-32-34-36-38-40-42-44-46-51(53)58-48-50(49-59-61(55,56)57-3)60-52(54)47-45-43-41-39-37-35-33-31-28-23-21-19-17-15-13-11-9-7-5-2/h7,9,13,15-16,18-19,21-22,24,28,31,35,37,41,43,50H,4-6,8,10-12,14,17,20,23,25-27,29-30,32-34,36,38-40,42,44-49H2,1-3H3,(H,55,56)/b9-7-,15-13-,18-16-,21-19-,24-22-,31-28-,37-35-,43-41-. The van der Waals surface area contributed by atoms with Crippen molar-refractivity contribution in [1.29, 1.82) is 0 Å². The number of allylic oxidation sites excluding steroid dienone is 16. The van der Waals surface area contributed by atoms with Crippen molar-refractivity contribution >= 4 is 19.8 Å². The Kier molecular flexibility index (Phi) is 44.2. The molecule has 61 heavy (non-hydrogen) atoms. The number of carbonyl (C=O) groups excluding carboxylic acids is 2. The molecule has 0 rings (SSSR count). The van der Waals surface area contributed by atoms with Crippen molar-refractivity contribution in [3.63, 3.8) is 0 Å². The van der Waals surface area contributed by atoms with Crippen LogP contribution in [-0.2, 0) is 32.7 Å². The van der Waals surface area contributed by atoms with E-state index in [0.29, 0.717) is 6.42 Å². The van der Waals surface area contributed by atoms with E-state index in [1.165, 1.54) is 96.3 Å². The lowest BCUT2D eigenvalue weighted by molar-refractivity contribution is -0.161. The van der Waals surface area contributed by atoms with Crippen LogP contribution in [0, 0.1) is 0 Å². The number of esters is 2. The Labute approximate surface area is 373 Å². The Morgan fingerprint density at radius 3 is 1.31 bits per heavy atom. The number of phosphoric acid groups is 1. The van der Waals surface area contributed by atoms with Crippen molar-refractivity contribution in [1.82, 2.24) is 0 Å². The third-order valence-corrected chi connectivity index (χ3v) is 10.8. The van der Waals surface area contributed by atoms with Gasteiger partial charge in [-0.25, -0.2) is 4.57 Å². The van der Waals surface area contributed by atoms with E-state index in [0.717, 1.165) is 71.3 Å². The molecule has 0 heterocycles. The van der Waals surface area contributed by atoms with Crippen molar-refractivity contribution < 1.29 is 37.6 Å². The summed E-state index contributed by atoms with van der Waals surface area (Å²) in [6.45, 7) is 3.70. The molecule has 0 aliphatic heterocycles. The quantitative estimate of drug-likeness (QED) is 0.0279. The Morgan fingerprint density at radius 1 is 0.475 bits per heavy atom. The molecule has 9 heteroatoms. The molecule has 0 fully saturated rings. The van der Waals surface area contributed by atoms with E-state index in [1.54, 1.807) is 0 Å². The molecule has 0 bridgehead atoms. The van der Waals surface area contributed by atoms with Gasteiger partial charge in [-0.1, -0.05) is 195 Å². The molecule has 0 aromatic carbocycles. The first-order chi connectivity index (χ1) is 29.8. The highest BCUT2D eigenvalue weighted by Gasteiger charge is 2.24. The third kappa shape index (κ3) is 46.3. The molecule has 0 aromatic heterocycles. The van der Waals surface area contributed by atoms with E-state index in [1.807, 2.05) is 12.2 Å². The Balaban J connectivity index is 4.05. The summed E-state index contributed by atoms with van der Waals surface area (Å²) in [5.41, 5.74) is 0. The molecule has 0 aliphatic rings. The van der Waals surface area contributed by atoms with Crippen molar-refractivity contribution in [3.05, 3.63) is 97.2 Å². The minimum atomic E-state index is -4.29. The summed E-state index contributed by atoms with van der Waals surface area (Å²) in [7, 11) is -3.24. The second kappa shape index (κ2) is 46.5. The first-order valence-corrected chi connectivity index (χ1v) is 25.4. The van der Waals surface area contributed by atoms with Crippen LogP contribution < -0.4 is 0 Å². The molecular weight excluding hydrogens is 784 g/mol. The van der Waals surface area contributed by atoms with Crippen molar-refractivity contribution in [2.45, 2.75) is 200 Å². The summed E-state index contributed by atoms with van der Waals surface area (Å²) in [6.07, 6.45) is 63.4. The molecule has 348 valence electrons. The van der Waals surface area contributed by atoms with Crippen LogP contribution in [0.4, 0.5) is 0 Å². The van der Waals surface area contributed by atoms with Crippen molar-refractivity contribution in [2.24, 2.45) is 0 Å². The molecule has 1 N–H and O–H groups in total. The highest BCUT2D eigenvalue weighted by molar-refractivity contribution is 7.47. The summed E-state index contributed by atoms with van der Waals surface area (Å²) in [4.78, 5) is 34.6. The van der Waals surface area contributed by atoms with Gasteiger partial charge in [0, 0.05) is 20.0 Å². The fourth-order valence-corrected chi connectivity index (χ4v) is 6.64. The van der Waals surface area contributed by atoms with Gasteiger partial charge in [0.15, 0.2) is 6.10 Å². The lowest BCUT2D eigenvalue weighted by Gasteiger charge is -2.19. The van der Waals surface area contributed by atoms with Gasteiger partial charge in [0.2, 0.25) is 0 Å². The predicted molar refractivity (Wildman–Crippen MR) is 257 cm³/mol. The molecule has 0 radical (unpaired) electrons. The Bertz CT molecular complexity index is 1310. The van der Waals surface area contributed by atoms with Crippen molar-refractivity contribution in [2.75, 3.05) is 20.3 Å². The van der Waals surface area contributed by atoms with Crippen LogP contribution in [0.3, 0.4) is 0 Å². The molecule has 0 aromatic rings. The topological polar surface area (TPSA) is 108 Å². The van der Waals surface area contributed by atoms with Crippen LogP contribution >= 0.6 is 7.82 Å². The molecule has 0 aliphatic carbocycles. The summed E-state index contributed by atoms with van der Waals surface area (Å²) in [5, 5.41) is 0. The minimum Gasteiger partial charge on any atom is -0.462 e. The minimum absolute atomic E-state index is 0.114. The van der Waals surface area contributed by atoms with E-state index >= 15 is 0 Å². The van der Waals surface area contributed by atoms with Crippen molar-refractivity contribution in [3.8, 4) is 0 Å². The highest BCUT2D eigenvalue weighted by atomic mass is 31.2. The number of unbranched alkanes of at least 4 members (excludes halogenated alkanes) is 16. The van der Waals surface area contributed by atoms with Gasteiger partial charge in [0.25, 0.3) is 0 Å². The number of hydrogen-bond donors (Lipinski definition) is 1. The van der Waals surface area contributed by atoms with Crippen LogP contribution in [0.25, 0.3) is 0 Å². The zero-order valence-corrected chi connectivity index (χ0v) is 39.7. The van der Waals surface area contributed by atoms with Gasteiger partial charge in [-0.3, -0.25) is 18.6 Å². The Morgan fingerprint density at radius 2 is 0.869 bits per heavy atom. The van der Waals surface area contributed by atoms with Crippen LogP contribution in [0.5, 0.6) is 0 Å².